The lowest BCUT2D eigenvalue weighted by molar-refractivity contribution is 0.843. The summed E-state index contributed by atoms with van der Waals surface area (Å²) in [5, 5.41) is 0. The van der Waals surface area contributed by atoms with E-state index in [1.165, 1.54) is 17.5 Å². The molecule has 0 N–H and O–H groups in total. The molecule has 17 heavy (non-hydrogen) atoms. The van der Waals surface area contributed by atoms with E-state index in [1.807, 2.05) is 0 Å². The van der Waals surface area contributed by atoms with Gasteiger partial charge in [0.25, 0.3) is 0 Å². The van der Waals surface area contributed by atoms with Crippen molar-refractivity contribution in [1.82, 2.24) is 0 Å². The van der Waals surface area contributed by atoms with Gasteiger partial charge in [-0.25, -0.2) is 0 Å². The van der Waals surface area contributed by atoms with Gasteiger partial charge < -0.3 is 0 Å². The van der Waals surface area contributed by atoms with Gasteiger partial charge >= 0.3 is 0 Å². The Morgan fingerprint density at radius 1 is 0.941 bits per heavy atom. The fraction of sp³-hybridized carbons (Fsp3) is 0.176. The fourth-order valence-corrected chi connectivity index (χ4v) is 2.79. The van der Waals surface area contributed by atoms with E-state index < -0.39 is 0 Å². The van der Waals surface area contributed by atoms with Crippen LogP contribution in [0.2, 0.25) is 0 Å². The summed E-state index contributed by atoms with van der Waals surface area (Å²) in [6.45, 7) is 4.05. The lowest BCUT2D eigenvalue weighted by Crippen LogP contribution is -2.05. The van der Waals surface area contributed by atoms with Gasteiger partial charge in [-0.15, -0.1) is 6.58 Å². The van der Waals surface area contributed by atoms with Gasteiger partial charge in [0, 0.05) is 5.41 Å². The number of rotatable bonds is 3. The molecule has 0 saturated heterocycles. The van der Waals surface area contributed by atoms with E-state index >= 15 is 0 Å². The van der Waals surface area contributed by atoms with Crippen LogP contribution in [0, 0.1) is 0 Å². The fourth-order valence-electron chi connectivity index (χ4n) is 2.79. The predicted molar refractivity (Wildman–Crippen MR) is 72.1 cm³/mol. The molecule has 0 heterocycles. The summed E-state index contributed by atoms with van der Waals surface area (Å²) in [6, 6.07) is 21.5. The van der Waals surface area contributed by atoms with Crippen molar-refractivity contribution in [3.05, 3.63) is 84.4 Å². The molecule has 3 rings (SSSR count). The lowest BCUT2D eigenvalue weighted by Gasteiger charge is -2.13. The molecule has 0 amide bonds. The van der Waals surface area contributed by atoms with E-state index in [2.05, 4.69) is 73.3 Å². The van der Waals surface area contributed by atoms with E-state index in [4.69, 9.17) is 0 Å². The highest BCUT2D eigenvalue weighted by Gasteiger charge is 2.53. The maximum absolute atomic E-state index is 4.05. The molecule has 0 heteroatoms. The van der Waals surface area contributed by atoms with Crippen LogP contribution in [0.3, 0.4) is 0 Å². The van der Waals surface area contributed by atoms with Gasteiger partial charge in [0.05, 0.1) is 0 Å². The second-order valence-corrected chi connectivity index (χ2v) is 4.78. The van der Waals surface area contributed by atoms with Gasteiger partial charge in [-0.1, -0.05) is 66.7 Å². The van der Waals surface area contributed by atoms with Crippen molar-refractivity contribution < 1.29 is 0 Å². The smallest absolute Gasteiger partial charge is 0.0205 e. The van der Waals surface area contributed by atoms with Gasteiger partial charge in [0.2, 0.25) is 0 Å². The summed E-state index contributed by atoms with van der Waals surface area (Å²) < 4.78 is 0. The van der Waals surface area contributed by atoms with Crippen molar-refractivity contribution in [3.63, 3.8) is 0 Å². The molecule has 2 aromatic rings. The summed E-state index contributed by atoms with van der Waals surface area (Å²) in [5.74, 6) is 0.601. The summed E-state index contributed by atoms with van der Waals surface area (Å²) in [5.41, 5.74) is 2.99. The van der Waals surface area contributed by atoms with Gasteiger partial charge in [-0.05, 0) is 23.5 Å². The molecular formula is C17H16. The molecule has 1 aliphatic rings. The van der Waals surface area contributed by atoms with Crippen LogP contribution in [-0.2, 0) is 5.41 Å². The van der Waals surface area contributed by atoms with Crippen molar-refractivity contribution in [1.29, 1.82) is 0 Å². The Morgan fingerprint density at radius 3 is 2.12 bits per heavy atom. The van der Waals surface area contributed by atoms with Gasteiger partial charge in [0.15, 0.2) is 0 Å². The average Bonchev–Trinajstić information content (AvgIpc) is 3.17. The standard InChI is InChI=1S/C17H16/c1-2-17(15-11-7-4-8-12-15)13-16(17)14-9-5-3-6-10-14/h2-12,16H,1,13H2/t16-,17+/m1/s1. The zero-order valence-electron chi connectivity index (χ0n) is 9.84. The van der Waals surface area contributed by atoms with Crippen LogP contribution >= 0.6 is 0 Å². The van der Waals surface area contributed by atoms with Gasteiger partial charge in [-0.2, -0.15) is 0 Å². The predicted octanol–water partition coefficient (Wildman–Crippen LogP) is 4.30. The minimum atomic E-state index is 0.169. The Balaban J connectivity index is 1.97. The average molecular weight is 220 g/mol. The first-order valence-corrected chi connectivity index (χ1v) is 6.11. The molecule has 1 aliphatic carbocycles. The summed E-state index contributed by atoms with van der Waals surface area (Å²) >= 11 is 0. The SMILES string of the molecule is C=C[C@@]1(c2ccccc2)C[C@@H]1c1ccccc1. The van der Waals surface area contributed by atoms with E-state index in [1.54, 1.807) is 0 Å². The third-order valence-corrected chi connectivity index (χ3v) is 3.88. The number of hydrogen-bond donors (Lipinski definition) is 0. The molecule has 0 spiro atoms. The van der Waals surface area contributed by atoms with Crippen LogP contribution in [-0.4, -0.2) is 0 Å². The summed E-state index contributed by atoms with van der Waals surface area (Å²) in [4.78, 5) is 0. The summed E-state index contributed by atoms with van der Waals surface area (Å²) in [6.07, 6.45) is 3.31. The van der Waals surface area contributed by atoms with E-state index in [-0.39, 0.29) is 5.41 Å². The second kappa shape index (κ2) is 3.89. The van der Waals surface area contributed by atoms with E-state index in [0.29, 0.717) is 5.92 Å². The van der Waals surface area contributed by atoms with E-state index in [0.717, 1.165) is 0 Å². The van der Waals surface area contributed by atoms with Crippen LogP contribution in [0.25, 0.3) is 0 Å². The van der Waals surface area contributed by atoms with Crippen LogP contribution in [0.1, 0.15) is 23.5 Å². The Bertz CT molecular complexity index is 512. The van der Waals surface area contributed by atoms with E-state index in [9.17, 15) is 0 Å². The van der Waals surface area contributed by atoms with Crippen molar-refractivity contribution in [3.8, 4) is 0 Å². The normalized spacial score (nSPS) is 26.5. The lowest BCUT2D eigenvalue weighted by atomic mass is 9.91. The minimum Gasteiger partial charge on any atom is -0.102 e. The number of benzene rings is 2. The third kappa shape index (κ3) is 1.61. The largest absolute Gasteiger partial charge is 0.102 e. The molecule has 2 aromatic carbocycles. The van der Waals surface area contributed by atoms with Gasteiger partial charge in [-0.3, -0.25) is 0 Å². The van der Waals surface area contributed by atoms with Crippen molar-refractivity contribution in [2.45, 2.75) is 17.8 Å². The molecule has 84 valence electrons. The van der Waals surface area contributed by atoms with Crippen molar-refractivity contribution in [2.24, 2.45) is 0 Å². The first-order chi connectivity index (χ1) is 8.37. The molecule has 1 fully saturated rings. The molecule has 0 aromatic heterocycles. The maximum atomic E-state index is 4.05. The molecular weight excluding hydrogens is 204 g/mol. The zero-order chi connectivity index (χ0) is 11.7. The Kier molecular flexibility index (Phi) is 2.36. The van der Waals surface area contributed by atoms with Crippen molar-refractivity contribution in [2.75, 3.05) is 0 Å². The van der Waals surface area contributed by atoms with Crippen LogP contribution in [0.5, 0.6) is 0 Å². The molecule has 1 saturated carbocycles. The molecule has 2 atom stereocenters. The number of hydrogen-bond acceptors (Lipinski definition) is 0. The van der Waals surface area contributed by atoms with Crippen molar-refractivity contribution >= 4 is 0 Å². The first-order valence-electron chi connectivity index (χ1n) is 6.11. The zero-order valence-corrected chi connectivity index (χ0v) is 9.84. The van der Waals surface area contributed by atoms with Crippen LogP contribution in [0.15, 0.2) is 73.3 Å². The second-order valence-electron chi connectivity index (χ2n) is 4.78. The molecule has 0 radical (unpaired) electrons. The quantitative estimate of drug-likeness (QED) is 0.677. The monoisotopic (exact) mass is 220 g/mol. The maximum Gasteiger partial charge on any atom is 0.0205 e. The summed E-state index contributed by atoms with van der Waals surface area (Å²) in [7, 11) is 0. The first kappa shape index (κ1) is 10.3. The highest BCUT2D eigenvalue weighted by atomic mass is 14.6. The topological polar surface area (TPSA) is 0 Å². The van der Waals surface area contributed by atoms with Gasteiger partial charge in [0.1, 0.15) is 0 Å². The Hall–Kier alpha value is -1.82. The Morgan fingerprint density at radius 2 is 1.53 bits per heavy atom. The third-order valence-electron chi connectivity index (χ3n) is 3.88. The molecule has 0 nitrogen and oxygen atoms in total. The number of allylic oxidation sites excluding steroid dienone is 1. The highest BCUT2D eigenvalue weighted by Crippen LogP contribution is 2.61. The van der Waals surface area contributed by atoms with Crippen LogP contribution < -0.4 is 0 Å². The van der Waals surface area contributed by atoms with Crippen LogP contribution in [0.4, 0.5) is 0 Å². The highest BCUT2D eigenvalue weighted by molar-refractivity contribution is 5.47. The molecule has 0 unspecified atom stereocenters. The minimum absolute atomic E-state index is 0.169. The molecule has 0 bridgehead atoms. The Labute approximate surface area is 103 Å². The molecule has 0 aliphatic heterocycles.